The molecule has 2 atom stereocenters. The number of halogens is 1. The topological polar surface area (TPSA) is 126 Å². The number of unbranched alkanes of at least 4 members (excludes halogenated alkanes) is 8. The van der Waals surface area contributed by atoms with Crippen LogP contribution in [0, 0.1) is 131 Å². The Morgan fingerprint density at radius 3 is 1.17 bits per heavy atom. The maximum Gasteiger partial charge on any atom is 0.262 e. The number of imide groups is 2. The lowest BCUT2D eigenvalue weighted by Crippen LogP contribution is -2.34. The molecular formula is C75H117BrN6O4S5Si3. The number of carbonyl (C=O) groups is 4. The molecule has 2 unspecified atom stereocenters. The minimum Gasteiger partial charge on any atom is -0.273 e. The highest BCUT2D eigenvalue weighted by atomic mass is 79.9. The first-order valence-corrected chi connectivity index (χ1v) is 46.4. The monoisotopic (exact) mass is 1490 g/mol. The van der Waals surface area contributed by atoms with Crippen molar-refractivity contribution < 1.29 is 50.6 Å². The van der Waals surface area contributed by atoms with Crippen LogP contribution >= 0.6 is 73.4 Å². The number of fused-ring (bicyclic) bond motifs is 4. The molecule has 5 aromatic heterocycles. The van der Waals surface area contributed by atoms with E-state index in [1.54, 1.807) is 39.3 Å². The molecule has 19 heteroatoms. The minimum absolute atomic E-state index is 0. The van der Waals surface area contributed by atoms with Gasteiger partial charge in [-0.05, 0) is 167 Å². The van der Waals surface area contributed by atoms with E-state index < -0.39 is 24.2 Å². The Morgan fingerprint density at radius 1 is 0.447 bits per heavy atom. The normalized spacial score (nSPS) is 12.5. The van der Waals surface area contributed by atoms with E-state index >= 15 is 0 Å². The van der Waals surface area contributed by atoms with E-state index in [0.717, 1.165) is 102 Å². The number of nitrogens with zero attached hydrogens (tertiary/aromatic N) is 6. The molecule has 520 valence electrons. The molecule has 0 saturated carbocycles. The highest BCUT2D eigenvalue weighted by Gasteiger charge is 2.44. The van der Waals surface area contributed by atoms with Crippen LogP contribution in [0.25, 0.3) is 42.9 Å². The molecule has 0 aliphatic carbocycles. The van der Waals surface area contributed by atoms with Gasteiger partial charge in [-0.15, -0.1) is 46.9 Å². The summed E-state index contributed by atoms with van der Waals surface area (Å²) in [5.74, 6) is 45.7. The molecule has 9 rings (SSSR count). The molecule has 0 fully saturated rings. The third-order valence-corrected chi connectivity index (χ3v) is 30.8. The van der Waals surface area contributed by atoms with E-state index in [-0.39, 0.29) is 79.9 Å². The SMILES string of the molecule is C#CC#CC#CC#CC#CC(CCCCCC)CN1C(=O)c2cc3nsnc3cc2C1=O.C#CC#CC#CC#CC#CC(CCCCCCCC)CN1C(=O)c2c(c(-c3ccc([Si](C)(C)C)s3)c3nsnc3c2-c2ccc([Si](C)(C)C)s2)C1=O.C[Si](C)(C)c1ccc(Br)s1.[HH].[HH].[HH].[HH].[HH].[HH].[HH].[HH].[HH].[HH].[HH].[HH].[HH].[HH].[HH].[HH].[HH].[HH].[HH].[HH].[HH].[HH]. The maximum absolute atomic E-state index is 14.8. The van der Waals surface area contributed by atoms with Crippen LogP contribution in [0.3, 0.4) is 0 Å². The van der Waals surface area contributed by atoms with Gasteiger partial charge < -0.3 is 0 Å². The average Bonchev–Trinajstić information content (AvgIpc) is 1.43. The first-order valence-electron chi connectivity index (χ1n) is 31.2. The number of benzene rings is 2. The van der Waals surface area contributed by atoms with Gasteiger partial charge in [0, 0.05) is 77.2 Å². The second-order valence-electron chi connectivity index (χ2n) is 25.4. The number of carbonyl (C=O) groups excluding carboxylic acids is 4. The van der Waals surface area contributed by atoms with Crippen LogP contribution in [-0.4, -0.2) is 88.2 Å². The van der Waals surface area contributed by atoms with Gasteiger partial charge in [-0.1, -0.05) is 167 Å². The Bertz CT molecular complexity index is 4560. The van der Waals surface area contributed by atoms with E-state index in [2.05, 4.69) is 240 Å². The third-order valence-electron chi connectivity index (χ3n) is 15.0. The Morgan fingerprint density at radius 2 is 0.798 bits per heavy atom. The number of hydrogen-bond donors (Lipinski definition) is 0. The maximum atomic E-state index is 14.8. The number of rotatable bonds is 21. The zero-order chi connectivity index (χ0) is 68.0. The zero-order valence-corrected chi connectivity index (χ0v) is 63.7. The lowest BCUT2D eigenvalue weighted by molar-refractivity contribution is 0.0623. The van der Waals surface area contributed by atoms with Crippen molar-refractivity contribution in [3.05, 3.63) is 74.6 Å². The molecule has 0 saturated heterocycles. The molecule has 0 N–H and O–H groups in total. The molecular weight excluding hydrogens is 1370 g/mol. The molecule has 4 amide bonds. The number of thiophene rings is 3. The number of hydrogen-bond acceptors (Lipinski definition) is 13. The Hall–Kier alpha value is -7.81. The summed E-state index contributed by atoms with van der Waals surface area (Å²) in [5.41, 5.74) is 5.65. The van der Waals surface area contributed by atoms with Crippen molar-refractivity contribution in [1.29, 1.82) is 0 Å². The van der Waals surface area contributed by atoms with Crippen LogP contribution in [0.2, 0.25) is 58.9 Å². The van der Waals surface area contributed by atoms with E-state index in [0.29, 0.717) is 44.3 Å². The van der Waals surface area contributed by atoms with Crippen molar-refractivity contribution in [3.8, 4) is 140 Å². The molecule has 2 aromatic carbocycles. The molecule has 10 nitrogen and oxygen atoms in total. The Balaban J connectivity index is -0.0000000982. The van der Waals surface area contributed by atoms with Crippen molar-refractivity contribution >= 4 is 157 Å². The summed E-state index contributed by atoms with van der Waals surface area (Å²) in [6, 6.07) is 16.2. The largest absolute Gasteiger partial charge is 0.273 e. The van der Waals surface area contributed by atoms with Crippen LogP contribution in [-0.2, 0) is 0 Å². The number of terminal acetylenes is 2. The lowest BCUT2D eigenvalue weighted by atomic mass is 9.93. The van der Waals surface area contributed by atoms with E-state index in [4.69, 9.17) is 21.6 Å². The summed E-state index contributed by atoms with van der Waals surface area (Å²) in [6.07, 6.45) is 22.8. The zero-order valence-electron chi connectivity index (χ0n) is 55.1. The predicted molar refractivity (Wildman–Crippen MR) is 453 cm³/mol. The van der Waals surface area contributed by atoms with Crippen molar-refractivity contribution in [2.45, 2.75) is 150 Å². The van der Waals surface area contributed by atoms with Gasteiger partial charge in [0.25, 0.3) is 23.6 Å². The standard InChI is InChI=1S/C42H43N3O2S3Si2.C26H19N3O2S.C7H11BrSSi.22H2/c1-9-11-13-15-17-18-20-22-24-30(23-21-19-16-14-12-10-2)29-45-41(46)37-35(31-25-27-33(48-31)51(3,4)5)39-40(44-50-43-39)36(38(37)42(45)47)32-26-28-34(49-32)52(6,7)8;1-3-5-7-9-10-11-12-14-16-20(15-13-8-6-4-2)19-29-25(30)21-17-23-24(28-32-27-23)18-22(21)26(29)31;1-10(2,3)7-5-4-6(8)9-7;;;;;;;;;;;;;;;;;;;;;;/h1,25-28,30H,10,12,14,16,19,21,23,29H2,2-8H3;1,17-18,20H,4,6,8,13,15,19H2,2H3;4-5H,1-3H3;22*1H. The molecule has 2 aliphatic rings. The minimum atomic E-state index is -1.64. The highest BCUT2D eigenvalue weighted by molar-refractivity contribution is 9.11. The number of aromatic nitrogens is 4. The summed E-state index contributed by atoms with van der Waals surface area (Å²) in [6.45, 7) is 25.7. The molecule has 0 radical (unpaired) electrons. The van der Waals surface area contributed by atoms with Crippen molar-refractivity contribution in [2.24, 2.45) is 11.8 Å². The quantitative estimate of drug-likeness (QED) is 0.0301. The van der Waals surface area contributed by atoms with Crippen molar-refractivity contribution in [1.82, 2.24) is 27.3 Å². The van der Waals surface area contributed by atoms with Gasteiger partial charge in [-0.2, -0.15) is 17.5 Å². The van der Waals surface area contributed by atoms with Crippen molar-refractivity contribution in [3.63, 3.8) is 0 Å². The van der Waals surface area contributed by atoms with Gasteiger partial charge >= 0.3 is 0 Å². The molecule has 7 aromatic rings. The molecule has 2 aliphatic heterocycles. The molecule has 0 bridgehead atoms. The van der Waals surface area contributed by atoms with Crippen LogP contribution < -0.4 is 13.5 Å². The summed E-state index contributed by atoms with van der Waals surface area (Å²) in [4.78, 5) is 60.0. The van der Waals surface area contributed by atoms with Gasteiger partial charge in [0.2, 0.25) is 0 Å². The Labute approximate surface area is 620 Å². The fourth-order valence-electron chi connectivity index (χ4n) is 10.1. The number of amides is 4. The third kappa shape index (κ3) is 19.9. The fraction of sp³-hybridized carbons (Fsp3) is 0.360. The second-order valence-corrected chi connectivity index (χ2v) is 47.3. The average molecular weight is 1490 g/mol. The van der Waals surface area contributed by atoms with Crippen LogP contribution in [0.1, 0.15) is 164 Å². The van der Waals surface area contributed by atoms with Gasteiger partial charge in [0.05, 0.1) is 73.7 Å². The van der Waals surface area contributed by atoms with Crippen LogP contribution in [0.4, 0.5) is 0 Å². The first kappa shape index (κ1) is 73.6. The van der Waals surface area contributed by atoms with Crippen molar-refractivity contribution in [2.75, 3.05) is 13.1 Å². The summed E-state index contributed by atoms with van der Waals surface area (Å²) in [7, 11) is -4.30. The van der Waals surface area contributed by atoms with E-state index in [1.807, 2.05) is 11.3 Å². The second kappa shape index (κ2) is 35.1. The van der Waals surface area contributed by atoms with Crippen LogP contribution in [0.5, 0.6) is 0 Å². The first-order chi connectivity index (χ1) is 45.0. The summed E-state index contributed by atoms with van der Waals surface area (Å²) in [5, 5.41) is 0. The van der Waals surface area contributed by atoms with E-state index in [9.17, 15) is 19.2 Å². The van der Waals surface area contributed by atoms with Gasteiger partial charge in [-0.25, -0.2) is 0 Å². The smallest absolute Gasteiger partial charge is 0.262 e. The molecule has 0 spiro atoms. The van der Waals surface area contributed by atoms with Gasteiger partial charge in [0.15, 0.2) is 0 Å². The highest BCUT2D eigenvalue weighted by Crippen LogP contribution is 2.47. The molecule has 94 heavy (non-hydrogen) atoms. The van der Waals surface area contributed by atoms with Gasteiger partial charge in [0.1, 0.15) is 22.1 Å². The van der Waals surface area contributed by atoms with Gasteiger partial charge in [-0.3, -0.25) is 29.0 Å². The lowest BCUT2D eigenvalue weighted by Gasteiger charge is -2.19. The summed E-state index contributed by atoms with van der Waals surface area (Å²) < 4.78 is 23.4. The van der Waals surface area contributed by atoms with E-state index in [1.165, 1.54) is 41.8 Å². The molecule has 7 heterocycles. The van der Waals surface area contributed by atoms with Crippen LogP contribution in [0.15, 0.2) is 52.3 Å². The Kier molecular flexibility index (Phi) is 27.5. The summed E-state index contributed by atoms with van der Waals surface area (Å²) >= 11 is 10.9. The fourth-order valence-corrected chi connectivity index (χ4v) is 20.8. The predicted octanol–water partition coefficient (Wildman–Crippen LogP) is 20.8.